The summed E-state index contributed by atoms with van der Waals surface area (Å²) >= 11 is 0. The number of nitrogens with zero attached hydrogens (tertiary/aromatic N) is 3. The van der Waals surface area contributed by atoms with Crippen LogP contribution in [0.5, 0.6) is 0 Å². The molecule has 0 fully saturated rings. The molecular formula is C11H18N4O. The minimum Gasteiger partial charge on any atom is -0.383 e. The van der Waals surface area contributed by atoms with Gasteiger partial charge in [0.25, 0.3) is 0 Å². The number of rotatable bonds is 6. The van der Waals surface area contributed by atoms with Crippen molar-refractivity contribution in [2.45, 2.75) is 39.3 Å². The van der Waals surface area contributed by atoms with Gasteiger partial charge in [0.1, 0.15) is 23.1 Å². The number of aryl methyl sites for hydroxylation is 1. The van der Waals surface area contributed by atoms with Crippen molar-refractivity contribution in [3.8, 4) is 6.07 Å². The van der Waals surface area contributed by atoms with Crippen molar-refractivity contribution in [2.24, 2.45) is 0 Å². The minimum absolute atomic E-state index is 0.327. The molecule has 1 heterocycles. The number of hydrogen-bond donors (Lipinski definition) is 1. The van der Waals surface area contributed by atoms with E-state index in [0.29, 0.717) is 23.7 Å². The van der Waals surface area contributed by atoms with Crippen LogP contribution in [0, 0.1) is 11.3 Å². The molecule has 0 aliphatic heterocycles. The molecule has 0 aliphatic carbocycles. The summed E-state index contributed by atoms with van der Waals surface area (Å²) in [4.78, 5) is 0. The molecule has 0 radical (unpaired) electrons. The zero-order valence-electron chi connectivity index (χ0n) is 9.86. The number of hydrogen-bond acceptors (Lipinski definition) is 4. The van der Waals surface area contributed by atoms with Crippen molar-refractivity contribution in [1.29, 1.82) is 5.26 Å². The lowest BCUT2D eigenvalue weighted by molar-refractivity contribution is 0.180. The highest BCUT2D eigenvalue weighted by atomic mass is 16.5. The molecule has 1 aromatic heterocycles. The van der Waals surface area contributed by atoms with Crippen LogP contribution in [-0.2, 0) is 17.9 Å². The van der Waals surface area contributed by atoms with Crippen molar-refractivity contribution >= 4 is 5.82 Å². The maximum absolute atomic E-state index is 8.97. The van der Waals surface area contributed by atoms with Gasteiger partial charge in [-0.25, -0.2) is 4.68 Å². The first-order valence-corrected chi connectivity index (χ1v) is 5.48. The Kier molecular flexibility index (Phi) is 4.80. The third-order valence-corrected chi connectivity index (χ3v) is 2.43. The summed E-state index contributed by atoms with van der Waals surface area (Å²) in [6.45, 7) is 3.23. The first kappa shape index (κ1) is 12.5. The fraction of sp³-hybridized carbons (Fsp3) is 0.636. The van der Waals surface area contributed by atoms with E-state index in [1.807, 2.05) is 0 Å². The highest BCUT2D eigenvalue weighted by molar-refractivity contribution is 5.51. The summed E-state index contributed by atoms with van der Waals surface area (Å²) in [6, 6.07) is 2.07. The van der Waals surface area contributed by atoms with E-state index in [4.69, 9.17) is 15.7 Å². The molecule has 2 N–H and O–H groups in total. The van der Waals surface area contributed by atoms with Crippen LogP contribution < -0.4 is 5.73 Å². The smallest absolute Gasteiger partial charge is 0.140 e. The quantitative estimate of drug-likeness (QED) is 0.743. The van der Waals surface area contributed by atoms with Gasteiger partial charge in [-0.2, -0.15) is 10.4 Å². The molecule has 88 valence electrons. The van der Waals surface area contributed by atoms with Gasteiger partial charge in [-0.1, -0.05) is 19.8 Å². The lowest BCUT2D eigenvalue weighted by Gasteiger charge is -2.02. The highest BCUT2D eigenvalue weighted by Crippen LogP contribution is 2.17. The van der Waals surface area contributed by atoms with E-state index in [9.17, 15) is 0 Å². The molecule has 0 spiro atoms. The summed E-state index contributed by atoms with van der Waals surface area (Å²) < 4.78 is 6.68. The van der Waals surface area contributed by atoms with Crippen molar-refractivity contribution < 1.29 is 4.74 Å². The number of anilines is 1. The normalized spacial score (nSPS) is 10.3. The minimum atomic E-state index is 0.327. The van der Waals surface area contributed by atoms with Crippen LogP contribution in [0.25, 0.3) is 0 Å². The molecule has 0 saturated carbocycles. The lowest BCUT2D eigenvalue weighted by Crippen LogP contribution is -2.05. The Hall–Kier alpha value is -1.54. The van der Waals surface area contributed by atoms with Crippen molar-refractivity contribution in [3.05, 3.63) is 11.3 Å². The Morgan fingerprint density at radius 3 is 2.81 bits per heavy atom. The van der Waals surface area contributed by atoms with E-state index in [1.54, 1.807) is 11.8 Å². The molecule has 1 aromatic rings. The van der Waals surface area contributed by atoms with Crippen molar-refractivity contribution in [1.82, 2.24) is 9.78 Å². The van der Waals surface area contributed by atoms with Gasteiger partial charge in [0.2, 0.25) is 0 Å². The third-order valence-electron chi connectivity index (χ3n) is 2.43. The number of aromatic nitrogens is 2. The first-order valence-electron chi connectivity index (χ1n) is 5.48. The standard InChI is InChI=1S/C11H18N4O/c1-3-4-5-6-15-11(13)9(7-12)10(14-15)8-16-2/h3-6,8,13H2,1-2H3. The van der Waals surface area contributed by atoms with E-state index in [0.717, 1.165) is 25.8 Å². The third kappa shape index (κ3) is 2.74. The average molecular weight is 222 g/mol. The maximum atomic E-state index is 8.97. The molecular weight excluding hydrogens is 204 g/mol. The number of nitrogens with two attached hydrogens (primary N) is 1. The van der Waals surface area contributed by atoms with E-state index in [1.165, 1.54) is 0 Å². The van der Waals surface area contributed by atoms with Crippen LogP contribution in [0.15, 0.2) is 0 Å². The predicted octanol–water partition coefficient (Wildman–Crippen LogP) is 1.67. The molecule has 0 atom stereocenters. The second-order valence-corrected chi connectivity index (χ2v) is 3.68. The van der Waals surface area contributed by atoms with Gasteiger partial charge in [-0.05, 0) is 6.42 Å². The van der Waals surface area contributed by atoms with Crippen LogP contribution in [0.4, 0.5) is 5.82 Å². The highest BCUT2D eigenvalue weighted by Gasteiger charge is 2.14. The zero-order valence-corrected chi connectivity index (χ0v) is 9.86. The zero-order chi connectivity index (χ0) is 12.0. The van der Waals surface area contributed by atoms with Gasteiger partial charge in [-0.15, -0.1) is 0 Å². The summed E-state index contributed by atoms with van der Waals surface area (Å²) in [5.74, 6) is 0.450. The van der Waals surface area contributed by atoms with E-state index in [-0.39, 0.29) is 0 Å². The van der Waals surface area contributed by atoms with E-state index >= 15 is 0 Å². The number of nitrogen functional groups attached to an aromatic ring is 1. The predicted molar refractivity (Wildman–Crippen MR) is 61.6 cm³/mol. The molecule has 0 aliphatic rings. The van der Waals surface area contributed by atoms with E-state index < -0.39 is 0 Å². The molecule has 5 heteroatoms. The number of ether oxygens (including phenoxy) is 1. The van der Waals surface area contributed by atoms with Crippen LogP contribution >= 0.6 is 0 Å². The lowest BCUT2D eigenvalue weighted by atomic mass is 10.2. The summed E-state index contributed by atoms with van der Waals surface area (Å²) in [5, 5.41) is 13.3. The Morgan fingerprint density at radius 2 is 2.25 bits per heavy atom. The van der Waals surface area contributed by atoms with Gasteiger partial charge in [0, 0.05) is 13.7 Å². The average Bonchev–Trinajstić information content (AvgIpc) is 2.56. The summed E-state index contributed by atoms with van der Waals surface area (Å²) in [6.07, 6.45) is 3.32. The molecule has 0 bridgehead atoms. The second-order valence-electron chi connectivity index (χ2n) is 3.68. The van der Waals surface area contributed by atoms with Gasteiger partial charge in [-0.3, -0.25) is 0 Å². The Balaban J connectivity index is 2.81. The number of methoxy groups -OCH3 is 1. The topological polar surface area (TPSA) is 76.9 Å². The maximum Gasteiger partial charge on any atom is 0.140 e. The Morgan fingerprint density at radius 1 is 1.50 bits per heavy atom. The van der Waals surface area contributed by atoms with E-state index in [2.05, 4.69) is 18.1 Å². The fourth-order valence-electron chi connectivity index (χ4n) is 1.57. The van der Waals surface area contributed by atoms with Gasteiger partial charge in [0.15, 0.2) is 0 Å². The fourth-order valence-corrected chi connectivity index (χ4v) is 1.57. The summed E-state index contributed by atoms with van der Waals surface area (Å²) in [5.41, 5.74) is 6.92. The molecule has 0 saturated heterocycles. The number of unbranched alkanes of at least 4 members (excludes halogenated alkanes) is 2. The Bertz CT molecular complexity index is 378. The largest absolute Gasteiger partial charge is 0.383 e. The van der Waals surface area contributed by atoms with Gasteiger partial charge in [0.05, 0.1) is 6.61 Å². The molecule has 5 nitrogen and oxygen atoms in total. The molecule has 1 rings (SSSR count). The van der Waals surface area contributed by atoms with Crippen LogP contribution in [0.3, 0.4) is 0 Å². The first-order chi connectivity index (χ1) is 7.74. The van der Waals surface area contributed by atoms with Gasteiger partial charge < -0.3 is 10.5 Å². The Labute approximate surface area is 95.8 Å². The molecule has 0 amide bonds. The molecule has 16 heavy (non-hydrogen) atoms. The monoisotopic (exact) mass is 222 g/mol. The SMILES string of the molecule is CCCCCn1nc(COC)c(C#N)c1N. The van der Waals surface area contributed by atoms with Crippen LogP contribution in [-0.4, -0.2) is 16.9 Å². The molecule has 0 aromatic carbocycles. The van der Waals surface area contributed by atoms with Crippen molar-refractivity contribution in [2.75, 3.05) is 12.8 Å². The second kappa shape index (κ2) is 6.13. The van der Waals surface area contributed by atoms with Gasteiger partial charge >= 0.3 is 0 Å². The summed E-state index contributed by atoms with van der Waals surface area (Å²) in [7, 11) is 1.58. The van der Waals surface area contributed by atoms with Crippen LogP contribution in [0.2, 0.25) is 0 Å². The number of nitriles is 1. The molecule has 0 unspecified atom stereocenters. The van der Waals surface area contributed by atoms with Crippen molar-refractivity contribution in [3.63, 3.8) is 0 Å². The van der Waals surface area contributed by atoms with Crippen LogP contribution in [0.1, 0.15) is 37.4 Å².